The highest BCUT2D eigenvalue weighted by atomic mass is 79.9. The summed E-state index contributed by atoms with van der Waals surface area (Å²) in [5.74, 6) is -0.0372. The van der Waals surface area contributed by atoms with Crippen molar-refractivity contribution in [2.24, 2.45) is 15.4 Å². The number of nitrogens with one attached hydrogen (secondary N) is 1. The molecule has 0 aliphatic carbocycles. The smallest absolute Gasteiger partial charge is 0.238 e. The molecule has 168 valence electrons. The van der Waals surface area contributed by atoms with Gasteiger partial charge < -0.3 is 15.0 Å². The van der Waals surface area contributed by atoms with Crippen molar-refractivity contribution >= 4 is 65.6 Å². The van der Waals surface area contributed by atoms with Gasteiger partial charge in [0.2, 0.25) is 21.0 Å². The third kappa shape index (κ3) is 5.11. The number of halogens is 1. The number of primary sulfonamides is 1. The predicted octanol–water partition coefficient (Wildman–Crippen LogP) is 5.29. The zero-order chi connectivity index (χ0) is 23.6. The molecule has 4 aromatic rings. The van der Waals surface area contributed by atoms with Gasteiger partial charge in [-0.25, -0.2) is 13.6 Å². The lowest BCUT2D eigenvalue weighted by atomic mass is 10.2. The molecule has 0 saturated carbocycles. The fraction of sp³-hybridized carbons (Fsp3) is 0.0455. The highest BCUT2D eigenvalue weighted by molar-refractivity contribution is 9.10. The molecule has 4 rings (SSSR count). The molecule has 33 heavy (non-hydrogen) atoms. The molecule has 0 radical (unpaired) electrons. The molecule has 8 nitrogen and oxygen atoms in total. The van der Waals surface area contributed by atoms with E-state index in [1.54, 1.807) is 4.57 Å². The number of nitrogens with zero attached hydrogens (tertiary/aromatic N) is 3. The van der Waals surface area contributed by atoms with Gasteiger partial charge in [-0.15, -0.1) is 10.2 Å². The summed E-state index contributed by atoms with van der Waals surface area (Å²) >= 11 is 8.79. The largest absolute Gasteiger partial charge is 0.493 e. The topological polar surface area (TPSA) is 122 Å². The van der Waals surface area contributed by atoms with Crippen LogP contribution in [-0.4, -0.2) is 23.2 Å². The highest BCUT2D eigenvalue weighted by Crippen LogP contribution is 2.42. The lowest BCUT2D eigenvalue weighted by molar-refractivity contribution is 0.429. The van der Waals surface area contributed by atoms with Crippen molar-refractivity contribution in [2.75, 3.05) is 5.32 Å². The van der Waals surface area contributed by atoms with Gasteiger partial charge in [-0.3, -0.25) is 0 Å². The zero-order valence-electron chi connectivity index (χ0n) is 17.0. The zero-order valence-corrected chi connectivity index (χ0v) is 20.2. The molecule has 0 spiro atoms. The van der Waals surface area contributed by atoms with Crippen LogP contribution >= 0.6 is 28.1 Å². The summed E-state index contributed by atoms with van der Waals surface area (Å²) in [6.45, 7) is 0.445. The second-order valence-corrected chi connectivity index (χ2v) is 9.88. The number of rotatable bonds is 5. The van der Waals surface area contributed by atoms with Crippen molar-refractivity contribution in [1.29, 1.82) is 0 Å². The van der Waals surface area contributed by atoms with Gasteiger partial charge >= 0.3 is 0 Å². The SMILES string of the molecule is NS(=O)(=O)c1ccc(NC(=S)N=Nc2c(O)n(Cc3ccccc3)c3c(Br)cccc23)cc1. The lowest BCUT2D eigenvalue weighted by Gasteiger charge is -2.08. The van der Waals surface area contributed by atoms with Crippen molar-refractivity contribution in [3.05, 3.63) is 82.8 Å². The molecular formula is C22H18BrN5O3S2. The predicted molar refractivity (Wildman–Crippen MR) is 135 cm³/mol. The van der Waals surface area contributed by atoms with E-state index in [4.69, 9.17) is 17.4 Å². The Kier molecular flexibility index (Phi) is 6.56. The molecule has 0 fully saturated rings. The van der Waals surface area contributed by atoms with Crippen molar-refractivity contribution in [1.82, 2.24) is 4.57 Å². The van der Waals surface area contributed by atoms with Gasteiger partial charge in [0, 0.05) is 15.5 Å². The number of aromatic hydroxyl groups is 1. The molecule has 0 amide bonds. The summed E-state index contributed by atoms with van der Waals surface area (Å²) in [6.07, 6.45) is 0. The quantitative estimate of drug-likeness (QED) is 0.233. The molecule has 0 saturated heterocycles. The average Bonchev–Trinajstić information content (AvgIpc) is 3.05. The van der Waals surface area contributed by atoms with Crippen LogP contribution in [-0.2, 0) is 16.6 Å². The molecular weight excluding hydrogens is 526 g/mol. The second kappa shape index (κ2) is 9.40. The third-order valence-electron chi connectivity index (χ3n) is 4.84. The molecule has 3 aromatic carbocycles. The summed E-state index contributed by atoms with van der Waals surface area (Å²) in [5.41, 5.74) is 2.61. The summed E-state index contributed by atoms with van der Waals surface area (Å²) in [7, 11) is -3.78. The van der Waals surface area contributed by atoms with Crippen LogP contribution in [0.3, 0.4) is 0 Å². The van der Waals surface area contributed by atoms with Crippen LogP contribution in [0.15, 0.2) is 92.4 Å². The van der Waals surface area contributed by atoms with E-state index in [0.717, 1.165) is 15.6 Å². The Bertz CT molecular complexity index is 1470. The van der Waals surface area contributed by atoms with Gasteiger partial charge in [0.1, 0.15) is 0 Å². The first-order chi connectivity index (χ1) is 15.7. The van der Waals surface area contributed by atoms with Gasteiger partial charge in [0.05, 0.1) is 17.0 Å². The minimum atomic E-state index is -3.78. The first kappa shape index (κ1) is 23.1. The first-order valence-corrected chi connectivity index (χ1v) is 12.4. The maximum absolute atomic E-state index is 11.4. The molecule has 4 N–H and O–H groups in total. The van der Waals surface area contributed by atoms with Crippen molar-refractivity contribution in [3.8, 4) is 5.88 Å². The van der Waals surface area contributed by atoms with E-state index in [2.05, 4.69) is 31.5 Å². The molecule has 0 aliphatic rings. The number of hydrogen-bond acceptors (Lipinski definition) is 5. The molecule has 0 unspecified atom stereocenters. The van der Waals surface area contributed by atoms with Crippen LogP contribution in [0.25, 0.3) is 10.9 Å². The Morgan fingerprint density at radius 3 is 2.42 bits per heavy atom. The average molecular weight is 544 g/mol. The summed E-state index contributed by atoms with van der Waals surface area (Å²) < 4.78 is 25.3. The number of para-hydroxylation sites is 1. The Balaban J connectivity index is 1.62. The van der Waals surface area contributed by atoms with Crippen LogP contribution in [0.1, 0.15) is 5.56 Å². The number of fused-ring (bicyclic) bond motifs is 1. The minimum absolute atomic E-state index is 0.0117. The fourth-order valence-corrected chi connectivity index (χ4v) is 4.58. The number of aromatic nitrogens is 1. The van der Waals surface area contributed by atoms with Crippen LogP contribution in [0.2, 0.25) is 0 Å². The Labute approximate surface area is 203 Å². The Morgan fingerprint density at radius 2 is 1.76 bits per heavy atom. The number of anilines is 1. The molecule has 1 heterocycles. The maximum Gasteiger partial charge on any atom is 0.238 e. The van der Waals surface area contributed by atoms with Gasteiger partial charge in [-0.2, -0.15) is 0 Å². The van der Waals surface area contributed by atoms with Crippen LogP contribution < -0.4 is 10.5 Å². The normalized spacial score (nSPS) is 11.8. The van der Waals surface area contributed by atoms with Gasteiger partial charge in [-0.05, 0) is 64.0 Å². The number of hydrogen-bond donors (Lipinski definition) is 3. The number of azo groups is 1. The van der Waals surface area contributed by atoms with E-state index in [0.29, 0.717) is 17.6 Å². The summed E-state index contributed by atoms with van der Waals surface area (Å²) in [6, 6.07) is 21.1. The molecule has 0 atom stereocenters. The Hall–Kier alpha value is -3.12. The lowest BCUT2D eigenvalue weighted by Crippen LogP contribution is -2.12. The van der Waals surface area contributed by atoms with E-state index >= 15 is 0 Å². The monoisotopic (exact) mass is 543 g/mol. The van der Waals surface area contributed by atoms with E-state index < -0.39 is 10.0 Å². The van der Waals surface area contributed by atoms with Crippen molar-refractivity contribution in [3.63, 3.8) is 0 Å². The van der Waals surface area contributed by atoms with E-state index in [1.807, 2.05) is 48.5 Å². The second-order valence-electron chi connectivity index (χ2n) is 7.08. The molecule has 0 aliphatic heterocycles. The molecule has 1 aromatic heterocycles. The van der Waals surface area contributed by atoms with Crippen molar-refractivity contribution in [2.45, 2.75) is 11.4 Å². The molecule has 11 heteroatoms. The van der Waals surface area contributed by atoms with Gasteiger partial charge in [0.25, 0.3) is 0 Å². The molecule has 0 bridgehead atoms. The number of thiocarbonyl (C=S) groups is 1. The van der Waals surface area contributed by atoms with E-state index in [1.165, 1.54) is 24.3 Å². The summed E-state index contributed by atoms with van der Waals surface area (Å²) in [4.78, 5) is -0.0117. The maximum atomic E-state index is 11.4. The Morgan fingerprint density at radius 1 is 1.06 bits per heavy atom. The van der Waals surface area contributed by atoms with Gasteiger partial charge in [0.15, 0.2) is 5.69 Å². The number of benzene rings is 3. The van der Waals surface area contributed by atoms with E-state index in [-0.39, 0.29) is 21.6 Å². The number of nitrogens with two attached hydrogens (primary N) is 1. The standard InChI is InChI=1S/C22H18BrN5O3S2/c23-18-8-4-7-17-19(21(29)28(20(17)18)13-14-5-2-1-3-6-14)26-27-22(32)25-15-9-11-16(12-10-15)33(24,30)31/h1-12,29H,13H2,(H,25,32)(H2,24,30,31). The number of sulfonamides is 1. The van der Waals surface area contributed by atoms with Crippen molar-refractivity contribution < 1.29 is 13.5 Å². The highest BCUT2D eigenvalue weighted by Gasteiger charge is 2.19. The summed E-state index contributed by atoms with van der Waals surface area (Å²) in [5, 5.41) is 27.9. The third-order valence-corrected chi connectivity index (χ3v) is 6.59. The van der Waals surface area contributed by atoms with Crippen LogP contribution in [0.4, 0.5) is 11.4 Å². The van der Waals surface area contributed by atoms with Crippen LogP contribution in [0, 0.1) is 0 Å². The van der Waals surface area contributed by atoms with Crippen LogP contribution in [0.5, 0.6) is 5.88 Å². The minimum Gasteiger partial charge on any atom is -0.493 e. The van der Waals surface area contributed by atoms with E-state index in [9.17, 15) is 13.5 Å². The van der Waals surface area contributed by atoms with Gasteiger partial charge in [-0.1, -0.05) is 42.5 Å². The fourth-order valence-electron chi connectivity index (χ4n) is 3.33. The first-order valence-electron chi connectivity index (χ1n) is 9.63.